The lowest BCUT2D eigenvalue weighted by Crippen LogP contribution is -2.38. The lowest BCUT2D eigenvalue weighted by atomic mass is 9.81. The molecule has 0 aliphatic heterocycles. The largest absolute Gasteiger partial charge is 0.318 e. The highest BCUT2D eigenvalue weighted by molar-refractivity contribution is 5.39. The van der Waals surface area contributed by atoms with E-state index in [1.54, 1.807) is 37.3 Å². The summed E-state index contributed by atoms with van der Waals surface area (Å²) in [6, 6.07) is 10.9. The van der Waals surface area contributed by atoms with Crippen molar-refractivity contribution in [1.82, 2.24) is 0 Å². The number of hydrogen-bond acceptors (Lipinski definition) is 1. The summed E-state index contributed by atoms with van der Waals surface area (Å²) < 4.78 is 40.3. The molecule has 0 aromatic heterocycles. The van der Waals surface area contributed by atoms with E-state index < -0.39 is 23.0 Å². The van der Waals surface area contributed by atoms with Gasteiger partial charge < -0.3 is 5.73 Å². The van der Waals surface area contributed by atoms with E-state index in [9.17, 15) is 13.2 Å². The summed E-state index contributed by atoms with van der Waals surface area (Å²) in [6.07, 6.45) is 0.360. The van der Waals surface area contributed by atoms with E-state index in [1.807, 2.05) is 0 Å². The van der Waals surface area contributed by atoms with Gasteiger partial charge >= 0.3 is 0 Å². The Hall–Kier alpha value is -1.81. The minimum Gasteiger partial charge on any atom is -0.318 e. The molecular weight excluding hydrogens is 251 g/mol. The third kappa shape index (κ3) is 2.24. The molecule has 19 heavy (non-hydrogen) atoms. The molecule has 0 radical (unpaired) electrons. The summed E-state index contributed by atoms with van der Waals surface area (Å²) in [7, 11) is 0. The van der Waals surface area contributed by atoms with Gasteiger partial charge in [0.2, 0.25) is 0 Å². The quantitative estimate of drug-likeness (QED) is 0.841. The Morgan fingerprint density at radius 2 is 1.58 bits per heavy atom. The maximum atomic E-state index is 13.9. The summed E-state index contributed by atoms with van der Waals surface area (Å²) in [5.74, 6) is -3.93. The highest BCUT2D eigenvalue weighted by Gasteiger charge is 2.32. The van der Waals surface area contributed by atoms with Crippen LogP contribution >= 0.6 is 0 Å². The van der Waals surface area contributed by atoms with Crippen molar-refractivity contribution in [3.8, 4) is 0 Å². The van der Waals surface area contributed by atoms with Crippen LogP contribution < -0.4 is 5.73 Å². The van der Waals surface area contributed by atoms with Gasteiger partial charge in [0, 0.05) is 5.56 Å². The Labute approximate surface area is 109 Å². The third-order valence-corrected chi connectivity index (χ3v) is 3.36. The first kappa shape index (κ1) is 13.6. The van der Waals surface area contributed by atoms with E-state index in [-0.39, 0.29) is 5.56 Å². The van der Waals surface area contributed by atoms with Crippen LogP contribution in [0.2, 0.25) is 0 Å². The van der Waals surface area contributed by atoms with Crippen LogP contribution in [0.15, 0.2) is 42.5 Å². The first-order valence-corrected chi connectivity index (χ1v) is 5.99. The number of nitrogens with two attached hydrogens (primary N) is 1. The van der Waals surface area contributed by atoms with Gasteiger partial charge in [-0.25, -0.2) is 13.2 Å². The van der Waals surface area contributed by atoms with Crippen LogP contribution in [0.25, 0.3) is 0 Å². The minimum absolute atomic E-state index is 0.0416. The van der Waals surface area contributed by atoms with E-state index in [2.05, 4.69) is 0 Å². The Bertz CT molecular complexity index is 583. The molecule has 0 bridgehead atoms. The van der Waals surface area contributed by atoms with Gasteiger partial charge in [-0.3, -0.25) is 0 Å². The summed E-state index contributed by atoms with van der Waals surface area (Å²) in [6.45, 7) is 1.77. The minimum atomic E-state index is -1.49. The van der Waals surface area contributed by atoms with Gasteiger partial charge in [0.1, 0.15) is 0 Å². The molecule has 0 saturated heterocycles. The van der Waals surface area contributed by atoms with Crippen LogP contribution in [0.4, 0.5) is 13.2 Å². The third-order valence-electron chi connectivity index (χ3n) is 3.36. The van der Waals surface area contributed by atoms with E-state index in [0.717, 1.165) is 6.07 Å². The predicted molar refractivity (Wildman–Crippen MR) is 68.0 cm³/mol. The number of halogens is 3. The summed E-state index contributed by atoms with van der Waals surface area (Å²) in [5, 5.41) is 0. The molecule has 4 heteroatoms. The molecule has 2 aromatic carbocycles. The Balaban J connectivity index is 2.63. The molecular formula is C15H14F3N. The fraction of sp³-hybridized carbons (Fsp3) is 0.200. The van der Waals surface area contributed by atoms with Crippen LogP contribution in [0.1, 0.15) is 24.5 Å². The molecule has 0 saturated carbocycles. The van der Waals surface area contributed by atoms with Crippen molar-refractivity contribution in [3.05, 3.63) is 71.0 Å². The van der Waals surface area contributed by atoms with Gasteiger partial charge in [-0.2, -0.15) is 0 Å². The predicted octanol–water partition coefficient (Wildman–Crippen LogP) is 3.72. The second-order valence-corrected chi connectivity index (χ2v) is 4.41. The van der Waals surface area contributed by atoms with Gasteiger partial charge in [0.15, 0.2) is 17.5 Å². The molecule has 0 aliphatic rings. The number of rotatable bonds is 3. The second kappa shape index (κ2) is 5.05. The fourth-order valence-electron chi connectivity index (χ4n) is 2.16. The van der Waals surface area contributed by atoms with Crippen LogP contribution in [0.3, 0.4) is 0 Å². The van der Waals surface area contributed by atoms with E-state index in [0.29, 0.717) is 12.0 Å². The maximum Gasteiger partial charge on any atom is 0.194 e. The average Bonchev–Trinajstić information content (AvgIpc) is 2.45. The number of benzene rings is 2. The normalized spacial score (nSPS) is 14.2. The monoisotopic (exact) mass is 265 g/mol. The molecule has 2 rings (SSSR count). The summed E-state index contributed by atoms with van der Waals surface area (Å²) >= 11 is 0. The smallest absolute Gasteiger partial charge is 0.194 e. The van der Waals surface area contributed by atoms with Crippen molar-refractivity contribution in [1.29, 1.82) is 0 Å². The van der Waals surface area contributed by atoms with Gasteiger partial charge in [-0.05, 0) is 18.1 Å². The second-order valence-electron chi connectivity index (χ2n) is 4.41. The lowest BCUT2D eigenvalue weighted by molar-refractivity contribution is 0.413. The van der Waals surface area contributed by atoms with Crippen molar-refractivity contribution < 1.29 is 13.2 Å². The maximum absolute atomic E-state index is 13.9. The molecule has 1 nitrogen and oxygen atoms in total. The Kier molecular flexibility index (Phi) is 3.62. The lowest BCUT2D eigenvalue weighted by Gasteiger charge is -2.30. The highest BCUT2D eigenvalue weighted by Crippen LogP contribution is 2.33. The molecule has 0 aliphatic carbocycles. The van der Waals surface area contributed by atoms with Crippen molar-refractivity contribution in [3.63, 3.8) is 0 Å². The molecule has 0 fully saturated rings. The summed E-state index contributed by atoms with van der Waals surface area (Å²) in [4.78, 5) is 0. The molecule has 0 heterocycles. The Morgan fingerprint density at radius 3 is 2.16 bits per heavy atom. The Morgan fingerprint density at radius 1 is 0.947 bits per heavy atom. The van der Waals surface area contributed by atoms with Crippen LogP contribution in [0.5, 0.6) is 0 Å². The number of hydrogen-bond donors (Lipinski definition) is 1. The van der Waals surface area contributed by atoms with Crippen molar-refractivity contribution >= 4 is 0 Å². The molecule has 0 spiro atoms. The summed E-state index contributed by atoms with van der Waals surface area (Å²) in [5.41, 5.74) is 5.66. The molecule has 2 aromatic rings. The van der Waals surface area contributed by atoms with E-state index in [1.165, 1.54) is 6.07 Å². The van der Waals surface area contributed by atoms with Crippen molar-refractivity contribution in [2.24, 2.45) is 5.73 Å². The molecule has 0 amide bonds. The van der Waals surface area contributed by atoms with E-state index in [4.69, 9.17) is 5.73 Å². The van der Waals surface area contributed by atoms with Crippen molar-refractivity contribution in [2.75, 3.05) is 0 Å². The zero-order chi connectivity index (χ0) is 14.0. The van der Waals surface area contributed by atoms with Crippen LogP contribution in [-0.2, 0) is 5.54 Å². The fourth-order valence-corrected chi connectivity index (χ4v) is 2.16. The van der Waals surface area contributed by atoms with E-state index >= 15 is 0 Å². The van der Waals surface area contributed by atoms with Crippen LogP contribution in [0, 0.1) is 17.5 Å². The molecule has 1 atom stereocenters. The van der Waals surface area contributed by atoms with Crippen molar-refractivity contribution in [2.45, 2.75) is 18.9 Å². The molecule has 100 valence electrons. The standard InChI is InChI=1S/C15H14F3N/c1-2-15(19,10-6-4-3-5-7-10)11-8-9-12(16)14(18)13(11)17/h3-9H,2,19H2,1H3. The van der Waals surface area contributed by atoms with Gasteiger partial charge in [-0.15, -0.1) is 0 Å². The van der Waals surface area contributed by atoms with Crippen LogP contribution in [-0.4, -0.2) is 0 Å². The zero-order valence-electron chi connectivity index (χ0n) is 10.5. The average molecular weight is 265 g/mol. The molecule has 2 N–H and O–H groups in total. The molecule has 1 unspecified atom stereocenters. The SMILES string of the molecule is CCC(N)(c1ccccc1)c1ccc(F)c(F)c1F. The first-order chi connectivity index (χ1) is 9.00. The van der Waals surface area contributed by atoms with Gasteiger partial charge in [0.05, 0.1) is 5.54 Å². The topological polar surface area (TPSA) is 26.0 Å². The van der Waals surface area contributed by atoms with Gasteiger partial charge in [-0.1, -0.05) is 43.3 Å². The zero-order valence-corrected chi connectivity index (χ0v) is 10.5. The highest BCUT2D eigenvalue weighted by atomic mass is 19.2. The first-order valence-electron chi connectivity index (χ1n) is 5.99. The van der Waals surface area contributed by atoms with Gasteiger partial charge in [0.25, 0.3) is 0 Å².